The second-order valence-electron chi connectivity index (χ2n) is 8.27. The molecule has 3 rings (SSSR count). The molecule has 1 atom stereocenters. The Morgan fingerprint density at radius 2 is 1.50 bits per heavy atom. The maximum atomic E-state index is 10.6. The number of rotatable bonds is 5. The monoisotopic (exact) mass is 560 g/mol. The highest BCUT2D eigenvalue weighted by molar-refractivity contribution is 5.73. The van der Waals surface area contributed by atoms with E-state index in [1.165, 1.54) is 5.56 Å². The fourth-order valence-electron chi connectivity index (χ4n) is 3.55. The van der Waals surface area contributed by atoms with E-state index in [0.29, 0.717) is 6.61 Å². The Kier molecular flexibility index (Phi) is 13.0. The third kappa shape index (κ3) is 12.1. The van der Waals surface area contributed by atoms with Gasteiger partial charge in [-0.1, -0.05) is 18.2 Å². The predicted molar refractivity (Wildman–Crippen MR) is 122 cm³/mol. The largest absolute Gasteiger partial charge is 0.497 e. The van der Waals surface area contributed by atoms with Crippen LogP contribution in [0.3, 0.4) is 0 Å². The molecule has 38 heavy (non-hydrogen) atoms. The Labute approximate surface area is 215 Å². The van der Waals surface area contributed by atoms with Crippen LogP contribution >= 0.6 is 0 Å². The Morgan fingerprint density at radius 1 is 1.00 bits per heavy atom. The molecule has 2 heterocycles. The smallest absolute Gasteiger partial charge is 0.490 e. The molecular formula is C23H30F6N2O7. The lowest BCUT2D eigenvalue weighted by molar-refractivity contribution is -0.193. The van der Waals surface area contributed by atoms with Crippen LogP contribution in [0.4, 0.5) is 26.3 Å². The van der Waals surface area contributed by atoms with Gasteiger partial charge >= 0.3 is 24.3 Å². The Hall–Kier alpha value is -2.88. The second kappa shape index (κ2) is 14.9. The van der Waals surface area contributed by atoms with Gasteiger partial charge in [-0.25, -0.2) is 9.59 Å². The van der Waals surface area contributed by atoms with E-state index in [-0.39, 0.29) is 5.60 Å². The predicted octanol–water partition coefficient (Wildman–Crippen LogP) is 3.05. The van der Waals surface area contributed by atoms with Crippen molar-refractivity contribution in [1.29, 1.82) is 0 Å². The topological polar surface area (TPSA) is 109 Å². The first-order chi connectivity index (χ1) is 17.6. The van der Waals surface area contributed by atoms with Crippen LogP contribution in [0, 0.1) is 0 Å². The van der Waals surface area contributed by atoms with E-state index in [2.05, 4.69) is 28.5 Å². The van der Waals surface area contributed by atoms with E-state index in [9.17, 15) is 26.3 Å². The molecule has 9 nitrogen and oxygen atoms in total. The fourth-order valence-corrected chi connectivity index (χ4v) is 3.55. The van der Waals surface area contributed by atoms with Gasteiger partial charge in [0, 0.05) is 39.3 Å². The highest BCUT2D eigenvalue weighted by Gasteiger charge is 2.40. The number of carboxylic acids is 2. The van der Waals surface area contributed by atoms with Gasteiger partial charge in [0.2, 0.25) is 0 Å². The van der Waals surface area contributed by atoms with E-state index in [1.54, 1.807) is 7.11 Å². The van der Waals surface area contributed by atoms with Crippen molar-refractivity contribution < 1.29 is 60.4 Å². The first-order valence-electron chi connectivity index (χ1n) is 11.1. The lowest BCUT2D eigenvalue weighted by atomic mass is 10.0. The minimum absolute atomic E-state index is 0.232. The second-order valence-corrected chi connectivity index (χ2v) is 8.27. The van der Waals surface area contributed by atoms with Crippen molar-refractivity contribution >= 4 is 11.9 Å². The average molecular weight is 560 g/mol. The number of methoxy groups -OCH3 is 1. The van der Waals surface area contributed by atoms with Crippen LogP contribution in [0.5, 0.6) is 5.75 Å². The summed E-state index contributed by atoms with van der Waals surface area (Å²) in [6, 6.07) is 8.31. The summed E-state index contributed by atoms with van der Waals surface area (Å²) < 4.78 is 80.8. The molecule has 1 aromatic carbocycles. The number of nitrogens with zero attached hydrogens (tertiary/aromatic N) is 2. The van der Waals surface area contributed by atoms with Crippen molar-refractivity contribution in [3.8, 4) is 5.75 Å². The van der Waals surface area contributed by atoms with Crippen molar-refractivity contribution in [3.05, 3.63) is 42.5 Å². The molecule has 1 spiro atoms. The first-order valence-corrected chi connectivity index (χ1v) is 11.1. The minimum atomic E-state index is -5.08. The van der Waals surface area contributed by atoms with E-state index in [0.717, 1.165) is 58.2 Å². The maximum absolute atomic E-state index is 10.6. The van der Waals surface area contributed by atoms with Crippen LogP contribution in [-0.4, -0.2) is 110 Å². The number of hydrogen-bond donors (Lipinski definition) is 2. The molecule has 2 saturated heterocycles. The van der Waals surface area contributed by atoms with E-state index < -0.39 is 24.3 Å². The minimum Gasteiger partial charge on any atom is -0.497 e. The summed E-state index contributed by atoms with van der Waals surface area (Å²) >= 11 is 0. The molecule has 0 aliphatic carbocycles. The summed E-state index contributed by atoms with van der Waals surface area (Å²) in [5.74, 6) is -4.62. The first kappa shape index (κ1) is 33.1. The number of carboxylic acid groups (broad SMARTS) is 2. The summed E-state index contributed by atoms with van der Waals surface area (Å²) in [5.41, 5.74) is 1.06. The normalized spacial score (nSPS) is 20.7. The number of hydrogen-bond acceptors (Lipinski definition) is 7. The van der Waals surface area contributed by atoms with Crippen molar-refractivity contribution in [1.82, 2.24) is 9.80 Å². The third-order valence-electron chi connectivity index (χ3n) is 5.19. The molecule has 2 aliphatic heterocycles. The molecule has 0 bridgehead atoms. The molecule has 0 amide bonds. The Balaban J connectivity index is 0.000000426. The Bertz CT molecular complexity index is 872. The highest BCUT2D eigenvalue weighted by atomic mass is 19.4. The summed E-state index contributed by atoms with van der Waals surface area (Å²) in [7, 11) is 1.70. The molecule has 0 aromatic heterocycles. The molecule has 0 radical (unpaired) electrons. The molecule has 15 heteroatoms. The van der Waals surface area contributed by atoms with Crippen LogP contribution in [-0.2, 0) is 25.6 Å². The van der Waals surface area contributed by atoms with Crippen molar-refractivity contribution in [2.45, 2.75) is 24.5 Å². The number of carbonyl (C=O) groups is 2. The third-order valence-corrected chi connectivity index (χ3v) is 5.19. The zero-order chi connectivity index (χ0) is 29.0. The van der Waals surface area contributed by atoms with Gasteiger partial charge in [-0.15, -0.1) is 6.58 Å². The van der Waals surface area contributed by atoms with Crippen LogP contribution in [0.1, 0.15) is 5.56 Å². The quantitative estimate of drug-likeness (QED) is 0.415. The van der Waals surface area contributed by atoms with E-state index in [1.807, 2.05) is 18.2 Å². The fraction of sp³-hybridized carbons (Fsp3) is 0.565. The number of alkyl halides is 6. The van der Waals surface area contributed by atoms with Gasteiger partial charge in [0.05, 0.1) is 26.9 Å². The molecule has 0 saturated carbocycles. The van der Waals surface area contributed by atoms with Gasteiger partial charge in [0.15, 0.2) is 0 Å². The van der Waals surface area contributed by atoms with Gasteiger partial charge < -0.3 is 24.4 Å². The highest BCUT2D eigenvalue weighted by Crippen LogP contribution is 2.24. The van der Waals surface area contributed by atoms with Crippen molar-refractivity contribution in [3.63, 3.8) is 0 Å². The van der Waals surface area contributed by atoms with Crippen LogP contribution in [0.15, 0.2) is 36.9 Å². The lowest BCUT2D eigenvalue weighted by Crippen LogP contribution is -2.58. The van der Waals surface area contributed by atoms with Crippen molar-refractivity contribution in [2.75, 3.05) is 59.7 Å². The number of aliphatic carboxylic acids is 2. The maximum Gasteiger partial charge on any atom is 0.490 e. The molecule has 1 aromatic rings. The average Bonchev–Trinajstić information content (AvgIpc) is 3.01. The number of ether oxygens (including phenoxy) is 3. The number of halogens is 6. The van der Waals surface area contributed by atoms with Crippen LogP contribution in [0.25, 0.3) is 0 Å². The zero-order valence-corrected chi connectivity index (χ0v) is 20.6. The summed E-state index contributed by atoms with van der Waals surface area (Å²) in [4.78, 5) is 22.6. The summed E-state index contributed by atoms with van der Waals surface area (Å²) in [5, 5.41) is 14.2. The molecule has 2 fully saturated rings. The zero-order valence-electron chi connectivity index (χ0n) is 20.6. The van der Waals surface area contributed by atoms with Gasteiger partial charge in [0.1, 0.15) is 11.4 Å². The van der Waals surface area contributed by atoms with Crippen LogP contribution < -0.4 is 4.74 Å². The molecule has 216 valence electrons. The van der Waals surface area contributed by atoms with Gasteiger partial charge in [0.25, 0.3) is 0 Å². The molecule has 1 unspecified atom stereocenters. The SMILES string of the molecule is C=CCN1CCOCC2(C1)CN(Cc1ccc(OC)cc1)CCO2.O=C(O)C(F)(F)F.O=C(O)C(F)(F)F. The van der Waals surface area contributed by atoms with E-state index in [4.69, 9.17) is 34.0 Å². The molecular weight excluding hydrogens is 530 g/mol. The molecule has 2 N–H and O–H groups in total. The lowest BCUT2D eigenvalue weighted by Gasteiger charge is -2.43. The number of morpholine rings is 1. The van der Waals surface area contributed by atoms with Gasteiger partial charge in [-0.05, 0) is 17.7 Å². The Morgan fingerprint density at radius 3 is 1.97 bits per heavy atom. The standard InChI is InChI=1S/C19H28N2O3.2C2HF3O2/c1-3-8-20-9-11-23-16-19(14-20)15-21(10-12-24-19)13-17-4-6-18(22-2)7-5-17;2*3-2(4,5)1(6)7/h3-7H,1,8-16H2,2H3;2*(H,6,7). The number of benzene rings is 1. The van der Waals surface area contributed by atoms with Crippen LogP contribution in [0.2, 0.25) is 0 Å². The van der Waals surface area contributed by atoms with Gasteiger partial charge in [-0.2, -0.15) is 26.3 Å². The van der Waals surface area contributed by atoms with Gasteiger partial charge in [-0.3, -0.25) is 9.80 Å². The molecule has 2 aliphatic rings. The summed E-state index contributed by atoms with van der Waals surface area (Å²) in [6.45, 7) is 11.5. The summed E-state index contributed by atoms with van der Waals surface area (Å²) in [6.07, 6.45) is -8.21. The van der Waals surface area contributed by atoms with Crippen molar-refractivity contribution in [2.24, 2.45) is 0 Å². The van der Waals surface area contributed by atoms with E-state index >= 15 is 0 Å².